The number of isocyanates is 1. The lowest BCUT2D eigenvalue weighted by Crippen LogP contribution is -2.51. The molecular formula is C19H25N3O5. The van der Waals surface area contributed by atoms with Crippen LogP contribution in [0, 0.1) is 0 Å². The molecule has 0 bridgehead atoms. The Morgan fingerprint density at radius 1 is 1.15 bits per heavy atom. The Balaban J connectivity index is 1.86. The Hall–Kier alpha value is -2.70. The molecule has 0 aromatic heterocycles. The molecule has 1 heterocycles. The van der Waals surface area contributed by atoms with Crippen molar-refractivity contribution >= 4 is 18.1 Å². The van der Waals surface area contributed by atoms with Gasteiger partial charge in [-0.1, -0.05) is 30.3 Å². The van der Waals surface area contributed by atoms with E-state index in [0.717, 1.165) is 5.56 Å². The summed E-state index contributed by atoms with van der Waals surface area (Å²) in [5.74, 6) is -0.618. The Labute approximate surface area is 158 Å². The van der Waals surface area contributed by atoms with Crippen molar-refractivity contribution in [2.24, 2.45) is 4.99 Å². The maximum absolute atomic E-state index is 12.4. The van der Waals surface area contributed by atoms with Gasteiger partial charge in [-0.2, -0.15) is 4.99 Å². The zero-order chi connectivity index (χ0) is 19.9. The Bertz CT molecular complexity index is 687. The van der Waals surface area contributed by atoms with E-state index in [9.17, 15) is 14.4 Å². The highest BCUT2D eigenvalue weighted by atomic mass is 16.7. The third-order valence-corrected chi connectivity index (χ3v) is 3.86. The van der Waals surface area contributed by atoms with E-state index in [1.54, 1.807) is 4.90 Å². The molecule has 1 aliphatic rings. The molecule has 1 aliphatic heterocycles. The van der Waals surface area contributed by atoms with Gasteiger partial charge < -0.3 is 14.5 Å². The van der Waals surface area contributed by atoms with Gasteiger partial charge in [-0.05, 0) is 26.3 Å². The predicted octanol–water partition coefficient (Wildman–Crippen LogP) is 1.94. The van der Waals surface area contributed by atoms with Crippen LogP contribution in [0.1, 0.15) is 26.3 Å². The van der Waals surface area contributed by atoms with Crippen LogP contribution >= 0.6 is 0 Å². The SMILES string of the molecule is CC(C)(C)OC(=O)N1CCN(OC(=O)[C@H](Cc2ccccc2)N=C=O)CC1. The molecule has 0 saturated carbocycles. The van der Waals surface area contributed by atoms with Gasteiger partial charge in [-0.15, -0.1) is 5.06 Å². The maximum atomic E-state index is 12.4. The lowest BCUT2D eigenvalue weighted by atomic mass is 10.1. The fraction of sp³-hybridized carbons (Fsp3) is 0.526. The van der Waals surface area contributed by atoms with Crippen molar-refractivity contribution in [1.82, 2.24) is 9.96 Å². The van der Waals surface area contributed by atoms with Crippen molar-refractivity contribution < 1.29 is 24.0 Å². The van der Waals surface area contributed by atoms with Crippen LogP contribution in [0.15, 0.2) is 35.3 Å². The van der Waals surface area contributed by atoms with Gasteiger partial charge >= 0.3 is 12.1 Å². The number of nitrogens with zero attached hydrogens (tertiary/aromatic N) is 3. The smallest absolute Gasteiger partial charge is 0.410 e. The van der Waals surface area contributed by atoms with Gasteiger partial charge in [0.15, 0.2) is 6.04 Å². The Morgan fingerprint density at radius 3 is 2.33 bits per heavy atom. The summed E-state index contributed by atoms with van der Waals surface area (Å²) < 4.78 is 5.33. The largest absolute Gasteiger partial charge is 0.444 e. The van der Waals surface area contributed by atoms with Crippen molar-refractivity contribution in [3.05, 3.63) is 35.9 Å². The quantitative estimate of drug-likeness (QED) is 0.577. The minimum atomic E-state index is -0.950. The van der Waals surface area contributed by atoms with Gasteiger partial charge in [0.25, 0.3) is 0 Å². The first kappa shape index (κ1) is 20.6. The molecule has 1 aromatic rings. The van der Waals surface area contributed by atoms with E-state index in [2.05, 4.69) is 4.99 Å². The molecule has 0 unspecified atom stereocenters. The molecule has 27 heavy (non-hydrogen) atoms. The van der Waals surface area contributed by atoms with Crippen LogP contribution in [0.25, 0.3) is 0 Å². The second-order valence-corrected chi connectivity index (χ2v) is 7.23. The molecule has 1 atom stereocenters. The summed E-state index contributed by atoms with van der Waals surface area (Å²) in [6.07, 6.45) is 1.30. The maximum Gasteiger partial charge on any atom is 0.410 e. The monoisotopic (exact) mass is 375 g/mol. The molecule has 8 nitrogen and oxygen atoms in total. The first-order chi connectivity index (χ1) is 12.8. The van der Waals surface area contributed by atoms with Crippen molar-refractivity contribution in [3.8, 4) is 0 Å². The summed E-state index contributed by atoms with van der Waals surface area (Å²) in [4.78, 5) is 45.6. The van der Waals surface area contributed by atoms with Crippen LogP contribution in [0.3, 0.4) is 0 Å². The van der Waals surface area contributed by atoms with E-state index in [1.165, 1.54) is 11.1 Å². The van der Waals surface area contributed by atoms with E-state index < -0.39 is 17.6 Å². The number of piperazine rings is 1. The van der Waals surface area contributed by atoms with E-state index in [1.807, 2.05) is 51.1 Å². The summed E-state index contributed by atoms with van der Waals surface area (Å²) in [5, 5.41) is 1.47. The number of hydroxylamine groups is 2. The summed E-state index contributed by atoms with van der Waals surface area (Å²) in [5.41, 5.74) is 0.311. The number of aliphatic imine (C=N–C) groups is 1. The first-order valence-electron chi connectivity index (χ1n) is 8.84. The summed E-state index contributed by atoms with van der Waals surface area (Å²) in [6, 6.07) is 8.30. The zero-order valence-corrected chi connectivity index (χ0v) is 15.9. The molecule has 1 saturated heterocycles. The molecule has 1 aromatic carbocycles. The number of hydrogen-bond donors (Lipinski definition) is 0. The van der Waals surface area contributed by atoms with E-state index in [0.29, 0.717) is 26.2 Å². The minimum Gasteiger partial charge on any atom is -0.444 e. The fourth-order valence-electron chi connectivity index (χ4n) is 2.56. The van der Waals surface area contributed by atoms with E-state index in [4.69, 9.17) is 9.57 Å². The lowest BCUT2D eigenvalue weighted by molar-refractivity contribution is -0.198. The zero-order valence-electron chi connectivity index (χ0n) is 15.9. The average Bonchev–Trinajstić information content (AvgIpc) is 2.61. The third kappa shape index (κ3) is 6.84. The van der Waals surface area contributed by atoms with Crippen LogP contribution in [0.4, 0.5) is 4.79 Å². The van der Waals surface area contributed by atoms with Crippen molar-refractivity contribution in [1.29, 1.82) is 0 Å². The van der Waals surface area contributed by atoms with E-state index >= 15 is 0 Å². The molecule has 0 N–H and O–H groups in total. The molecule has 0 spiro atoms. The molecule has 1 amide bonds. The lowest BCUT2D eigenvalue weighted by Gasteiger charge is -2.34. The predicted molar refractivity (Wildman–Crippen MR) is 97.5 cm³/mol. The highest BCUT2D eigenvalue weighted by molar-refractivity contribution is 5.77. The molecule has 0 aliphatic carbocycles. The van der Waals surface area contributed by atoms with Crippen molar-refractivity contribution in [2.45, 2.75) is 38.8 Å². The third-order valence-electron chi connectivity index (χ3n) is 3.86. The van der Waals surface area contributed by atoms with Gasteiger partial charge in [0.2, 0.25) is 6.08 Å². The summed E-state index contributed by atoms with van der Waals surface area (Å²) >= 11 is 0. The topological polar surface area (TPSA) is 88.5 Å². The number of carbonyl (C=O) groups excluding carboxylic acids is 3. The summed E-state index contributed by atoms with van der Waals surface area (Å²) in [7, 11) is 0. The second kappa shape index (κ2) is 9.30. The van der Waals surface area contributed by atoms with Gasteiger partial charge in [0.1, 0.15) is 5.60 Å². The average molecular weight is 375 g/mol. The van der Waals surface area contributed by atoms with Crippen molar-refractivity contribution in [2.75, 3.05) is 26.2 Å². The molecule has 8 heteroatoms. The number of rotatable bonds is 5. The number of ether oxygens (including phenoxy) is 1. The van der Waals surface area contributed by atoms with Gasteiger partial charge in [0, 0.05) is 19.5 Å². The van der Waals surface area contributed by atoms with Crippen LogP contribution in [-0.4, -0.2) is 65.9 Å². The Kier molecular flexibility index (Phi) is 7.10. The number of benzene rings is 1. The van der Waals surface area contributed by atoms with Gasteiger partial charge in [0.05, 0.1) is 13.1 Å². The molecule has 2 rings (SSSR count). The summed E-state index contributed by atoms with van der Waals surface area (Å²) in [6.45, 7) is 6.89. The van der Waals surface area contributed by atoms with Crippen molar-refractivity contribution in [3.63, 3.8) is 0 Å². The number of carbonyl (C=O) groups is 2. The van der Waals surface area contributed by atoms with Gasteiger partial charge in [-0.3, -0.25) is 0 Å². The highest BCUT2D eigenvalue weighted by Gasteiger charge is 2.29. The fourth-order valence-corrected chi connectivity index (χ4v) is 2.56. The minimum absolute atomic E-state index is 0.257. The molecular weight excluding hydrogens is 350 g/mol. The van der Waals surface area contributed by atoms with Crippen LogP contribution in [0.2, 0.25) is 0 Å². The Morgan fingerprint density at radius 2 is 1.78 bits per heavy atom. The number of amides is 1. The molecule has 146 valence electrons. The standard InChI is InChI=1S/C19H25N3O5/c1-19(2,3)26-18(25)21-9-11-22(12-10-21)27-17(24)16(20-14-23)13-15-7-5-4-6-8-15/h4-8,16H,9-13H2,1-3H3/t16-/m0/s1. The molecule has 1 fully saturated rings. The van der Waals surface area contributed by atoms with E-state index in [-0.39, 0.29) is 12.5 Å². The van der Waals surface area contributed by atoms with Crippen LogP contribution < -0.4 is 0 Å². The van der Waals surface area contributed by atoms with Crippen LogP contribution in [0.5, 0.6) is 0 Å². The highest BCUT2D eigenvalue weighted by Crippen LogP contribution is 2.13. The normalized spacial score (nSPS) is 16.2. The van der Waals surface area contributed by atoms with Crippen LogP contribution in [-0.2, 0) is 25.6 Å². The second-order valence-electron chi connectivity index (χ2n) is 7.23. The number of hydrogen-bond acceptors (Lipinski definition) is 7. The first-order valence-corrected chi connectivity index (χ1v) is 8.84. The van der Waals surface area contributed by atoms with Gasteiger partial charge in [-0.25, -0.2) is 14.4 Å². The molecule has 0 radical (unpaired) electrons.